The van der Waals surface area contributed by atoms with E-state index in [1.807, 2.05) is 13.8 Å². The van der Waals surface area contributed by atoms with Gasteiger partial charge in [-0.15, -0.1) is 0 Å². The monoisotopic (exact) mass is 264 g/mol. The van der Waals surface area contributed by atoms with Crippen molar-refractivity contribution in [3.8, 4) is 0 Å². The molecule has 0 radical (unpaired) electrons. The van der Waals surface area contributed by atoms with Crippen LogP contribution in [0.15, 0.2) is 4.52 Å². The SMILES string of the molecule is CC(C)CC(=O)Cc1nc(CCC(F)(F)F)no1. The van der Waals surface area contributed by atoms with Crippen molar-refractivity contribution >= 4 is 5.78 Å². The molecule has 0 aliphatic rings. The van der Waals surface area contributed by atoms with Gasteiger partial charge in [0.1, 0.15) is 5.78 Å². The molecule has 0 fully saturated rings. The fourth-order valence-corrected chi connectivity index (χ4v) is 1.41. The molecule has 0 aromatic carbocycles. The number of alkyl halides is 3. The van der Waals surface area contributed by atoms with Crippen molar-refractivity contribution in [1.29, 1.82) is 0 Å². The van der Waals surface area contributed by atoms with Crippen LogP contribution in [0.5, 0.6) is 0 Å². The van der Waals surface area contributed by atoms with Crippen molar-refractivity contribution in [3.05, 3.63) is 11.7 Å². The quantitative estimate of drug-likeness (QED) is 0.792. The maximum absolute atomic E-state index is 12.0. The molecule has 0 saturated heterocycles. The maximum Gasteiger partial charge on any atom is 0.389 e. The van der Waals surface area contributed by atoms with Crippen molar-refractivity contribution in [2.45, 2.75) is 45.7 Å². The van der Waals surface area contributed by atoms with Crippen LogP contribution in [-0.2, 0) is 17.6 Å². The first kappa shape index (κ1) is 14.7. The van der Waals surface area contributed by atoms with E-state index in [4.69, 9.17) is 4.52 Å². The van der Waals surface area contributed by atoms with Gasteiger partial charge >= 0.3 is 6.18 Å². The highest BCUT2D eigenvalue weighted by molar-refractivity contribution is 5.80. The number of nitrogens with zero attached hydrogens (tertiary/aromatic N) is 2. The number of carbonyl (C=O) groups is 1. The van der Waals surface area contributed by atoms with Crippen molar-refractivity contribution in [3.63, 3.8) is 0 Å². The minimum atomic E-state index is -4.24. The van der Waals surface area contributed by atoms with Crippen molar-refractivity contribution in [2.75, 3.05) is 0 Å². The van der Waals surface area contributed by atoms with Crippen LogP contribution in [0, 0.1) is 5.92 Å². The predicted octanol–water partition coefficient (Wildman–Crippen LogP) is 2.72. The highest BCUT2D eigenvalue weighted by atomic mass is 19.4. The van der Waals surface area contributed by atoms with Crippen LogP contribution >= 0.6 is 0 Å². The Balaban J connectivity index is 2.46. The predicted molar refractivity (Wildman–Crippen MR) is 56.8 cm³/mol. The molecular formula is C11H15F3N2O2. The molecule has 0 amide bonds. The number of aryl methyl sites for hydroxylation is 1. The largest absolute Gasteiger partial charge is 0.389 e. The number of hydrogen-bond acceptors (Lipinski definition) is 4. The highest BCUT2D eigenvalue weighted by Gasteiger charge is 2.27. The Morgan fingerprint density at radius 3 is 2.61 bits per heavy atom. The second-order valence-corrected chi connectivity index (χ2v) is 4.53. The summed E-state index contributed by atoms with van der Waals surface area (Å²) in [6.45, 7) is 3.81. The summed E-state index contributed by atoms with van der Waals surface area (Å²) in [5, 5.41) is 3.41. The van der Waals surface area contributed by atoms with E-state index in [0.29, 0.717) is 6.42 Å². The van der Waals surface area contributed by atoms with Gasteiger partial charge in [0.2, 0.25) is 5.89 Å². The highest BCUT2D eigenvalue weighted by Crippen LogP contribution is 2.21. The average molecular weight is 264 g/mol. The zero-order valence-electron chi connectivity index (χ0n) is 10.3. The summed E-state index contributed by atoms with van der Waals surface area (Å²) in [5.74, 6) is 0.235. The number of ketones is 1. The molecule has 0 spiro atoms. The Kier molecular flexibility index (Phi) is 4.86. The molecule has 0 aliphatic carbocycles. The Morgan fingerprint density at radius 2 is 2.06 bits per heavy atom. The molecule has 0 bridgehead atoms. The fourth-order valence-electron chi connectivity index (χ4n) is 1.41. The van der Waals surface area contributed by atoms with Crippen LogP contribution < -0.4 is 0 Å². The number of hydrogen-bond donors (Lipinski definition) is 0. The Labute approximate surface area is 103 Å². The number of aromatic nitrogens is 2. The van der Waals surface area contributed by atoms with Gasteiger partial charge in [-0.2, -0.15) is 18.2 Å². The first-order chi connectivity index (χ1) is 8.26. The average Bonchev–Trinajstić information content (AvgIpc) is 2.60. The van der Waals surface area contributed by atoms with Gasteiger partial charge in [-0.25, -0.2) is 0 Å². The van der Waals surface area contributed by atoms with E-state index in [0.717, 1.165) is 0 Å². The summed E-state index contributed by atoms with van der Waals surface area (Å²) in [5.41, 5.74) is 0. The molecular weight excluding hydrogens is 249 g/mol. The number of Topliss-reactive ketones (excluding diaryl/α,β-unsaturated/α-hetero) is 1. The van der Waals surface area contributed by atoms with Crippen LogP contribution in [0.25, 0.3) is 0 Å². The zero-order valence-corrected chi connectivity index (χ0v) is 10.3. The topological polar surface area (TPSA) is 56.0 Å². The maximum atomic E-state index is 12.0. The van der Waals surface area contributed by atoms with Crippen LogP contribution in [0.3, 0.4) is 0 Å². The molecule has 0 atom stereocenters. The Morgan fingerprint density at radius 1 is 1.39 bits per heavy atom. The van der Waals surface area contributed by atoms with E-state index in [2.05, 4.69) is 10.1 Å². The van der Waals surface area contributed by atoms with Gasteiger partial charge in [-0.3, -0.25) is 4.79 Å². The summed E-state index contributed by atoms with van der Waals surface area (Å²) >= 11 is 0. The van der Waals surface area contributed by atoms with E-state index in [9.17, 15) is 18.0 Å². The van der Waals surface area contributed by atoms with Gasteiger partial charge in [-0.1, -0.05) is 19.0 Å². The van der Waals surface area contributed by atoms with Crippen LogP contribution in [0.4, 0.5) is 13.2 Å². The second-order valence-electron chi connectivity index (χ2n) is 4.53. The fraction of sp³-hybridized carbons (Fsp3) is 0.727. The summed E-state index contributed by atoms with van der Waals surface area (Å²) in [6.07, 6.45) is -5.19. The molecule has 0 N–H and O–H groups in total. The van der Waals surface area contributed by atoms with E-state index in [1.165, 1.54) is 0 Å². The molecule has 0 aliphatic heterocycles. The molecule has 102 valence electrons. The molecule has 1 heterocycles. The standard InChI is InChI=1S/C11H15F3N2O2/c1-7(2)5-8(17)6-10-15-9(16-18-10)3-4-11(12,13)14/h7H,3-6H2,1-2H3. The van der Waals surface area contributed by atoms with Gasteiger partial charge in [0.05, 0.1) is 12.8 Å². The molecule has 0 unspecified atom stereocenters. The molecule has 18 heavy (non-hydrogen) atoms. The zero-order chi connectivity index (χ0) is 13.8. The number of rotatable bonds is 6. The van der Waals surface area contributed by atoms with Crippen LogP contribution in [-0.4, -0.2) is 22.1 Å². The lowest BCUT2D eigenvalue weighted by molar-refractivity contribution is -0.134. The minimum absolute atomic E-state index is 0.0142. The third kappa shape index (κ3) is 5.79. The van der Waals surface area contributed by atoms with Gasteiger partial charge in [-0.05, 0) is 5.92 Å². The third-order valence-corrected chi connectivity index (χ3v) is 2.13. The van der Waals surface area contributed by atoms with Gasteiger partial charge in [0.15, 0.2) is 5.82 Å². The Hall–Kier alpha value is -1.40. The summed E-state index contributed by atoms with van der Waals surface area (Å²) in [4.78, 5) is 15.2. The summed E-state index contributed by atoms with van der Waals surface area (Å²) in [7, 11) is 0. The molecule has 1 aromatic heterocycles. The molecule has 4 nitrogen and oxygen atoms in total. The van der Waals surface area contributed by atoms with Gasteiger partial charge in [0.25, 0.3) is 0 Å². The van der Waals surface area contributed by atoms with E-state index >= 15 is 0 Å². The molecule has 1 aromatic rings. The first-order valence-corrected chi connectivity index (χ1v) is 5.66. The van der Waals surface area contributed by atoms with Crippen LogP contribution in [0.1, 0.15) is 38.4 Å². The van der Waals surface area contributed by atoms with E-state index < -0.39 is 12.6 Å². The minimum Gasteiger partial charge on any atom is -0.339 e. The lowest BCUT2D eigenvalue weighted by Gasteiger charge is -2.02. The molecule has 7 heteroatoms. The number of carbonyl (C=O) groups excluding carboxylic acids is 1. The molecule has 0 saturated carbocycles. The first-order valence-electron chi connectivity index (χ1n) is 5.66. The smallest absolute Gasteiger partial charge is 0.339 e. The Bertz CT molecular complexity index is 399. The van der Waals surface area contributed by atoms with Gasteiger partial charge < -0.3 is 4.52 Å². The van der Waals surface area contributed by atoms with Crippen molar-refractivity contribution in [1.82, 2.24) is 10.1 Å². The lowest BCUT2D eigenvalue weighted by atomic mass is 10.1. The lowest BCUT2D eigenvalue weighted by Crippen LogP contribution is -2.09. The third-order valence-electron chi connectivity index (χ3n) is 2.13. The van der Waals surface area contributed by atoms with Gasteiger partial charge in [0, 0.05) is 12.8 Å². The van der Waals surface area contributed by atoms with Crippen LogP contribution in [0.2, 0.25) is 0 Å². The summed E-state index contributed by atoms with van der Waals surface area (Å²) in [6, 6.07) is 0. The van der Waals surface area contributed by atoms with Crippen molar-refractivity contribution < 1.29 is 22.5 Å². The second kappa shape index (κ2) is 5.97. The van der Waals surface area contributed by atoms with E-state index in [1.54, 1.807) is 0 Å². The molecule has 1 rings (SSSR count). The van der Waals surface area contributed by atoms with E-state index in [-0.39, 0.29) is 36.3 Å². The summed E-state index contributed by atoms with van der Waals surface area (Å²) < 4.78 is 40.6. The van der Waals surface area contributed by atoms with Crippen molar-refractivity contribution in [2.24, 2.45) is 5.92 Å². The number of halogens is 3. The normalized spacial score (nSPS) is 12.1.